The Balaban J connectivity index is 2.76. The summed E-state index contributed by atoms with van der Waals surface area (Å²) < 4.78 is 46.3. The molecule has 1 rings (SSSR count). The van der Waals surface area contributed by atoms with Crippen molar-refractivity contribution < 1.29 is 27.4 Å². The average Bonchev–Trinajstić information content (AvgIpc) is 2.15. The van der Waals surface area contributed by atoms with E-state index in [-0.39, 0.29) is 5.75 Å². The fourth-order valence-electron chi connectivity index (χ4n) is 1.05. The zero-order valence-electron chi connectivity index (χ0n) is 9.25. The van der Waals surface area contributed by atoms with Crippen molar-refractivity contribution in [3.63, 3.8) is 0 Å². The van der Waals surface area contributed by atoms with Gasteiger partial charge >= 0.3 is 12.3 Å². The van der Waals surface area contributed by atoms with Crippen LogP contribution < -0.4 is 4.74 Å². The molecule has 0 radical (unpaired) electrons. The van der Waals surface area contributed by atoms with Crippen molar-refractivity contribution in [1.82, 2.24) is 0 Å². The SMILES string of the molecule is CC(C)OC(=O)Oc1cccc(C(F)(F)F)c1. The molecule has 0 bridgehead atoms. The molecule has 0 saturated heterocycles. The van der Waals surface area contributed by atoms with Gasteiger partial charge in [-0.1, -0.05) is 6.07 Å². The lowest BCUT2D eigenvalue weighted by Crippen LogP contribution is -2.16. The summed E-state index contributed by atoms with van der Waals surface area (Å²) in [7, 11) is 0. The van der Waals surface area contributed by atoms with E-state index in [1.165, 1.54) is 6.07 Å². The van der Waals surface area contributed by atoms with E-state index in [1.54, 1.807) is 13.8 Å². The van der Waals surface area contributed by atoms with Gasteiger partial charge < -0.3 is 9.47 Å². The molecule has 17 heavy (non-hydrogen) atoms. The fraction of sp³-hybridized carbons (Fsp3) is 0.364. The monoisotopic (exact) mass is 248 g/mol. The summed E-state index contributed by atoms with van der Waals surface area (Å²) >= 11 is 0. The summed E-state index contributed by atoms with van der Waals surface area (Å²) in [4.78, 5) is 11.1. The van der Waals surface area contributed by atoms with Gasteiger partial charge in [-0.2, -0.15) is 13.2 Å². The number of alkyl halides is 3. The molecule has 0 fully saturated rings. The van der Waals surface area contributed by atoms with Gasteiger partial charge in [-0.05, 0) is 32.0 Å². The molecule has 1 aromatic carbocycles. The maximum atomic E-state index is 12.3. The number of ether oxygens (including phenoxy) is 2. The Morgan fingerprint density at radius 1 is 1.29 bits per heavy atom. The molecule has 1 aromatic rings. The minimum Gasteiger partial charge on any atom is -0.431 e. The first-order valence-electron chi connectivity index (χ1n) is 4.85. The summed E-state index contributed by atoms with van der Waals surface area (Å²) in [6.07, 6.45) is -5.89. The van der Waals surface area contributed by atoms with Crippen LogP contribution in [0.4, 0.5) is 18.0 Å². The van der Waals surface area contributed by atoms with Crippen LogP contribution in [0.15, 0.2) is 24.3 Å². The van der Waals surface area contributed by atoms with Gasteiger partial charge in [-0.25, -0.2) is 4.79 Å². The van der Waals surface area contributed by atoms with E-state index in [9.17, 15) is 18.0 Å². The van der Waals surface area contributed by atoms with Crippen molar-refractivity contribution >= 4 is 6.16 Å². The van der Waals surface area contributed by atoms with Crippen molar-refractivity contribution in [2.75, 3.05) is 0 Å². The lowest BCUT2D eigenvalue weighted by atomic mass is 10.2. The molecule has 0 aromatic heterocycles. The number of halogens is 3. The molecule has 0 aliphatic carbocycles. The minimum absolute atomic E-state index is 0.203. The molecular weight excluding hydrogens is 237 g/mol. The number of hydrogen-bond acceptors (Lipinski definition) is 3. The van der Waals surface area contributed by atoms with Crippen LogP contribution in [0.25, 0.3) is 0 Å². The first-order chi connectivity index (χ1) is 7.79. The Bertz CT molecular complexity index is 399. The Labute approximate surface area is 96.1 Å². The first-order valence-corrected chi connectivity index (χ1v) is 4.85. The second-order valence-electron chi connectivity index (χ2n) is 3.54. The van der Waals surface area contributed by atoms with E-state index in [4.69, 9.17) is 0 Å². The van der Waals surface area contributed by atoms with Gasteiger partial charge in [0, 0.05) is 0 Å². The number of carbonyl (C=O) groups excluding carboxylic acids is 1. The van der Waals surface area contributed by atoms with Crippen LogP contribution in [-0.4, -0.2) is 12.3 Å². The van der Waals surface area contributed by atoms with E-state index in [0.717, 1.165) is 18.2 Å². The van der Waals surface area contributed by atoms with Gasteiger partial charge in [0.1, 0.15) is 5.75 Å². The minimum atomic E-state index is -4.47. The maximum absolute atomic E-state index is 12.3. The molecule has 0 spiro atoms. The van der Waals surface area contributed by atoms with E-state index in [0.29, 0.717) is 0 Å². The summed E-state index contributed by atoms with van der Waals surface area (Å²) in [6, 6.07) is 4.03. The molecular formula is C11H11F3O3. The van der Waals surface area contributed by atoms with Crippen LogP contribution in [0.3, 0.4) is 0 Å². The normalized spacial score (nSPS) is 11.4. The second-order valence-corrected chi connectivity index (χ2v) is 3.54. The molecule has 94 valence electrons. The molecule has 3 nitrogen and oxygen atoms in total. The van der Waals surface area contributed by atoms with Crippen molar-refractivity contribution in [2.24, 2.45) is 0 Å². The predicted octanol–water partition coefficient (Wildman–Crippen LogP) is 3.63. The summed E-state index contributed by atoms with van der Waals surface area (Å²) in [5.41, 5.74) is -0.882. The molecule has 0 amide bonds. The molecule has 0 unspecified atom stereocenters. The third-order valence-corrected chi connectivity index (χ3v) is 1.69. The first kappa shape index (κ1) is 13.3. The van der Waals surface area contributed by atoms with Gasteiger partial charge in [0.05, 0.1) is 11.7 Å². The maximum Gasteiger partial charge on any atom is 0.514 e. The lowest BCUT2D eigenvalue weighted by molar-refractivity contribution is -0.137. The zero-order valence-corrected chi connectivity index (χ0v) is 9.25. The highest BCUT2D eigenvalue weighted by molar-refractivity contribution is 5.64. The van der Waals surface area contributed by atoms with Crippen molar-refractivity contribution in [2.45, 2.75) is 26.1 Å². The van der Waals surface area contributed by atoms with Crippen LogP contribution in [0.1, 0.15) is 19.4 Å². The zero-order chi connectivity index (χ0) is 13.1. The largest absolute Gasteiger partial charge is 0.514 e. The number of benzene rings is 1. The van der Waals surface area contributed by atoms with Crippen molar-refractivity contribution in [1.29, 1.82) is 0 Å². The quantitative estimate of drug-likeness (QED) is 0.592. The average molecular weight is 248 g/mol. The van der Waals surface area contributed by atoms with Gasteiger partial charge in [0.25, 0.3) is 0 Å². The molecule has 0 aliphatic heterocycles. The second kappa shape index (κ2) is 5.07. The summed E-state index contributed by atoms with van der Waals surface area (Å²) in [5.74, 6) is -0.203. The molecule has 0 saturated carbocycles. The molecule has 0 heterocycles. The third-order valence-electron chi connectivity index (χ3n) is 1.69. The van der Waals surface area contributed by atoms with Gasteiger partial charge in [-0.3, -0.25) is 0 Å². The van der Waals surface area contributed by atoms with E-state index >= 15 is 0 Å². The van der Waals surface area contributed by atoms with E-state index in [1.807, 2.05) is 0 Å². The molecule has 6 heteroatoms. The van der Waals surface area contributed by atoms with Gasteiger partial charge in [-0.15, -0.1) is 0 Å². The third kappa shape index (κ3) is 4.34. The Morgan fingerprint density at radius 3 is 2.47 bits per heavy atom. The van der Waals surface area contributed by atoms with Crippen LogP contribution in [-0.2, 0) is 10.9 Å². The van der Waals surface area contributed by atoms with Crippen molar-refractivity contribution in [3.05, 3.63) is 29.8 Å². The standard InChI is InChI=1S/C11H11F3O3/c1-7(2)16-10(15)17-9-5-3-4-8(6-9)11(12,13)14/h3-7H,1-2H3. The van der Waals surface area contributed by atoms with E-state index < -0.39 is 24.0 Å². The lowest BCUT2D eigenvalue weighted by Gasteiger charge is -2.10. The fourth-order valence-corrected chi connectivity index (χ4v) is 1.05. The topological polar surface area (TPSA) is 35.5 Å². The Kier molecular flexibility index (Phi) is 3.98. The highest BCUT2D eigenvalue weighted by Crippen LogP contribution is 2.31. The number of rotatable bonds is 2. The summed E-state index contributed by atoms with van der Waals surface area (Å²) in [6.45, 7) is 3.21. The number of carbonyl (C=O) groups is 1. The van der Waals surface area contributed by atoms with Crippen molar-refractivity contribution in [3.8, 4) is 5.75 Å². The summed E-state index contributed by atoms with van der Waals surface area (Å²) in [5, 5.41) is 0. The Morgan fingerprint density at radius 2 is 1.94 bits per heavy atom. The van der Waals surface area contributed by atoms with Crippen LogP contribution >= 0.6 is 0 Å². The van der Waals surface area contributed by atoms with E-state index in [2.05, 4.69) is 9.47 Å². The Hall–Kier alpha value is -1.72. The number of hydrogen-bond donors (Lipinski definition) is 0. The van der Waals surface area contributed by atoms with Crippen LogP contribution in [0.5, 0.6) is 5.75 Å². The molecule has 0 aliphatic rings. The van der Waals surface area contributed by atoms with Crippen LogP contribution in [0.2, 0.25) is 0 Å². The van der Waals surface area contributed by atoms with Crippen LogP contribution in [0, 0.1) is 0 Å². The predicted molar refractivity (Wildman–Crippen MR) is 53.7 cm³/mol. The highest BCUT2D eigenvalue weighted by atomic mass is 19.4. The molecule has 0 atom stereocenters. The smallest absolute Gasteiger partial charge is 0.431 e. The molecule has 0 N–H and O–H groups in total. The van der Waals surface area contributed by atoms with Gasteiger partial charge in [0.2, 0.25) is 0 Å². The highest BCUT2D eigenvalue weighted by Gasteiger charge is 2.30. The van der Waals surface area contributed by atoms with Gasteiger partial charge in [0.15, 0.2) is 0 Å².